The van der Waals surface area contributed by atoms with E-state index in [1.54, 1.807) is 12.1 Å². The van der Waals surface area contributed by atoms with Gasteiger partial charge in [-0.1, -0.05) is 25.5 Å². The maximum atomic E-state index is 11.7. The Morgan fingerprint density at radius 1 is 1.29 bits per heavy atom. The third kappa shape index (κ3) is 2.16. The smallest absolute Gasteiger partial charge is 0.372 e. The molecule has 4 nitrogen and oxygen atoms in total. The number of fused-ring (bicyclic) bond motifs is 1. The first-order chi connectivity index (χ1) is 7.99. The van der Waals surface area contributed by atoms with E-state index in [1.165, 1.54) is 4.57 Å². The molecule has 2 aromatic rings. The van der Waals surface area contributed by atoms with Crippen molar-refractivity contribution in [1.29, 1.82) is 0 Å². The summed E-state index contributed by atoms with van der Waals surface area (Å²) in [5.74, 6) is -0.273. The van der Waals surface area contributed by atoms with Gasteiger partial charge in [0.05, 0.1) is 10.9 Å². The van der Waals surface area contributed by atoms with Crippen molar-refractivity contribution in [3.8, 4) is 0 Å². The maximum absolute atomic E-state index is 11.7. The van der Waals surface area contributed by atoms with Crippen LogP contribution in [0.5, 0.6) is 0 Å². The number of aryl methyl sites for hydroxylation is 1. The second-order valence-electron chi connectivity index (χ2n) is 4.68. The van der Waals surface area contributed by atoms with Gasteiger partial charge in [0.2, 0.25) is 0 Å². The highest BCUT2D eigenvalue weighted by atomic mass is 16.4. The molecule has 0 unspecified atom stereocenters. The van der Waals surface area contributed by atoms with E-state index < -0.39 is 11.4 Å². The molecule has 1 heterocycles. The van der Waals surface area contributed by atoms with E-state index in [4.69, 9.17) is 4.42 Å². The number of hydrogen-bond donors (Lipinski definition) is 0. The number of hydrogen-bond acceptors (Lipinski definition) is 3. The number of benzene rings is 1. The molecular weight excluding hydrogens is 218 g/mol. The molecule has 0 fully saturated rings. The molecule has 0 amide bonds. The average molecular weight is 233 g/mol. The lowest BCUT2D eigenvalue weighted by Crippen LogP contribution is -2.26. The van der Waals surface area contributed by atoms with Gasteiger partial charge in [0.15, 0.2) is 0 Å². The Morgan fingerprint density at radius 3 is 2.65 bits per heavy atom. The lowest BCUT2D eigenvalue weighted by atomic mass is 10.1. The Kier molecular flexibility index (Phi) is 2.88. The van der Waals surface area contributed by atoms with Gasteiger partial charge in [0.1, 0.15) is 0 Å². The average Bonchev–Trinajstić information content (AvgIpc) is 2.24. The van der Waals surface area contributed by atoms with Crippen LogP contribution in [0.1, 0.15) is 19.4 Å². The fourth-order valence-corrected chi connectivity index (χ4v) is 1.87. The van der Waals surface area contributed by atoms with Gasteiger partial charge in [-0.25, -0.2) is 9.59 Å². The van der Waals surface area contributed by atoms with Crippen molar-refractivity contribution in [2.75, 3.05) is 0 Å². The van der Waals surface area contributed by atoms with Crippen LogP contribution in [0.25, 0.3) is 10.9 Å². The predicted octanol–water partition coefficient (Wildman–Crippen LogP) is 1.92. The van der Waals surface area contributed by atoms with Gasteiger partial charge in [-0.05, 0) is 25.0 Å². The highest BCUT2D eigenvalue weighted by molar-refractivity contribution is 5.78. The van der Waals surface area contributed by atoms with Crippen molar-refractivity contribution in [3.05, 3.63) is 44.7 Å². The molecule has 0 saturated heterocycles. The zero-order chi connectivity index (χ0) is 12.6. The van der Waals surface area contributed by atoms with Crippen molar-refractivity contribution in [1.82, 2.24) is 4.57 Å². The van der Waals surface area contributed by atoms with E-state index in [9.17, 15) is 9.59 Å². The highest BCUT2D eigenvalue weighted by Crippen LogP contribution is 2.12. The first-order valence-electron chi connectivity index (χ1n) is 5.63. The normalized spacial score (nSPS) is 11.3. The Hall–Kier alpha value is -1.84. The van der Waals surface area contributed by atoms with Crippen molar-refractivity contribution >= 4 is 10.9 Å². The van der Waals surface area contributed by atoms with E-state index in [2.05, 4.69) is 0 Å². The molecule has 0 aliphatic carbocycles. The summed E-state index contributed by atoms with van der Waals surface area (Å²) in [5, 5.41) is 0.463. The largest absolute Gasteiger partial charge is 0.422 e. The molecule has 2 rings (SSSR count). The molecule has 0 spiro atoms. The first-order valence-corrected chi connectivity index (χ1v) is 5.63. The van der Waals surface area contributed by atoms with Gasteiger partial charge in [-0.15, -0.1) is 0 Å². The molecule has 0 bridgehead atoms. The summed E-state index contributed by atoms with van der Waals surface area (Å²) in [7, 11) is 0. The molecule has 0 N–H and O–H groups in total. The summed E-state index contributed by atoms with van der Waals surface area (Å²) in [4.78, 5) is 23.3. The maximum Gasteiger partial charge on any atom is 0.422 e. The predicted molar refractivity (Wildman–Crippen MR) is 66.3 cm³/mol. The van der Waals surface area contributed by atoms with Gasteiger partial charge in [-0.2, -0.15) is 0 Å². The van der Waals surface area contributed by atoms with E-state index in [-0.39, 0.29) is 0 Å². The molecule has 0 aliphatic rings. The van der Waals surface area contributed by atoms with Gasteiger partial charge in [-0.3, -0.25) is 4.57 Å². The minimum Gasteiger partial charge on any atom is -0.372 e. The molecule has 0 atom stereocenters. The summed E-state index contributed by atoms with van der Waals surface area (Å²) in [6.07, 6.45) is 0. The van der Waals surface area contributed by atoms with Crippen LogP contribution in [0.2, 0.25) is 0 Å². The van der Waals surface area contributed by atoms with Gasteiger partial charge in [0, 0.05) is 6.54 Å². The van der Waals surface area contributed by atoms with Crippen molar-refractivity contribution < 1.29 is 4.42 Å². The zero-order valence-corrected chi connectivity index (χ0v) is 10.2. The SMILES string of the molecule is Cc1ccc2c(c1)c(=O)oc(=O)n2CC(C)C. The van der Waals surface area contributed by atoms with Crippen LogP contribution in [0.4, 0.5) is 0 Å². The number of nitrogens with zero attached hydrogens (tertiary/aromatic N) is 1. The Labute approximate surface area is 98.5 Å². The number of rotatable bonds is 2. The van der Waals surface area contributed by atoms with E-state index in [0.717, 1.165) is 5.56 Å². The van der Waals surface area contributed by atoms with Crippen molar-refractivity contribution in [2.24, 2.45) is 5.92 Å². The van der Waals surface area contributed by atoms with Crippen LogP contribution in [-0.2, 0) is 6.54 Å². The summed E-state index contributed by atoms with van der Waals surface area (Å²) in [6, 6.07) is 5.43. The third-order valence-electron chi connectivity index (χ3n) is 2.61. The zero-order valence-electron chi connectivity index (χ0n) is 10.2. The summed E-state index contributed by atoms with van der Waals surface area (Å²) >= 11 is 0. The molecule has 17 heavy (non-hydrogen) atoms. The molecule has 0 aliphatic heterocycles. The Bertz CT molecular complexity index is 664. The number of aromatic nitrogens is 1. The molecule has 4 heteroatoms. The minimum atomic E-state index is -0.583. The second kappa shape index (κ2) is 4.20. The van der Waals surface area contributed by atoms with Crippen LogP contribution >= 0.6 is 0 Å². The summed E-state index contributed by atoms with van der Waals surface area (Å²) < 4.78 is 6.24. The van der Waals surface area contributed by atoms with Crippen molar-refractivity contribution in [2.45, 2.75) is 27.3 Å². The Morgan fingerprint density at radius 2 is 2.00 bits per heavy atom. The first kappa shape index (κ1) is 11.6. The minimum absolute atomic E-state index is 0.310. The Balaban J connectivity index is 2.83. The molecular formula is C13H15NO3. The molecule has 1 aromatic carbocycles. The van der Waals surface area contributed by atoms with E-state index >= 15 is 0 Å². The van der Waals surface area contributed by atoms with E-state index in [0.29, 0.717) is 23.4 Å². The lowest BCUT2D eigenvalue weighted by molar-refractivity contribution is 0.393. The highest BCUT2D eigenvalue weighted by Gasteiger charge is 2.10. The summed E-state index contributed by atoms with van der Waals surface area (Å²) in [6.45, 7) is 6.47. The fraction of sp³-hybridized carbons (Fsp3) is 0.385. The molecule has 0 saturated carbocycles. The van der Waals surface area contributed by atoms with Crippen LogP contribution in [0, 0.1) is 12.8 Å². The second-order valence-corrected chi connectivity index (χ2v) is 4.68. The van der Waals surface area contributed by atoms with Crippen LogP contribution in [-0.4, -0.2) is 4.57 Å². The lowest BCUT2D eigenvalue weighted by Gasteiger charge is -2.10. The summed E-state index contributed by atoms with van der Waals surface area (Å²) in [5.41, 5.74) is 1.05. The molecule has 0 radical (unpaired) electrons. The van der Waals surface area contributed by atoms with E-state index in [1.807, 2.05) is 26.8 Å². The van der Waals surface area contributed by atoms with Crippen LogP contribution in [0.15, 0.2) is 32.2 Å². The molecule has 1 aromatic heterocycles. The topological polar surface area (TPSA) is 52.2 Å². The van der Waals surface area contributed by atoms with Gasteiger partial charge < -0.3 is 4.42 Å². The quantitative estimate of drug-likeness (QED) is 0.796. The third-order valence-corrected chi connectivity index (χ3v) is 2.61. The standard InChI is InChI=1S/C13H15NO3/c1-8(2)7-14-11-5-4-9(3)6-10(11)12(15)17-13(14)16/h4-6,8H,7H2,1-3H3. The van der Waals surface area contributed by atoms with Crippen LogP contribution in [0.3, 0.4) is 0 Å². The van der Waals surface area contributed by atoms with Crippen molar-refractivity contribution in [3.63, 3.8) is 0 Å². The fourth-order valence-electron chi connectivity index (χ4n) is 1.87. The van der Waals surface area contributed by atoms with Gasteiger partial charge >= 0.3 is 11.4 Å². The van der Waals surface area contributed by atoms with Gasteiger partial charge in [0.25, 0.3) is 0 Å². The van der Waals surface area contributed by atoms with Crippen LogP contribution < -0.4 is 11.4 Å². The monoisotopic (exact) mass is 233 g/mol. The molecule has 90 valence electrons.